The normalized spacial score (nSPS) is 10.2. The number of hydrogen-bond acceptors (Lipinski definition) is 7. The van der Waals surface area contributed by atoms with Crippen molar-refractivity contribution >= 4 is 17.6 Å². The predicted octanol–water partition coefficient (Wildman–Crippen LogP) is 1.09. The van der Waals surface area contributed by atoms with E-state index in [1.54, 1.807) is 31.1 Å². The number of anilines is 2. The third-order valence-corrected chi connectivity index (χ3v) is 2.36. The van der Waals surface area contributed by atoms with E-state index >= 15 is 0 Å². The fraction of sp³-hybridized carbons (Fsp3) is 0.182. The van der Waals surface area contributed by atoms with Crippen LogP contribution in [0.3, 0.4) is 0 Å². The van der Waals surface area contributed by atoms with Crippen molar-refractivity contribution in [1.82, 2.24) is 15.0 Å². The Balaban J connectivity index is 2.52. The monoisotopic (exact) mass is 260 g/mol. The first-order chi connectivity index (χ1) is 8.97. The highest BCUT2D eigenvalue weighted by Crippen LogP contribution is 2.22. The largest absolute Gasteiger partial charge is 0.368 e. The Morgan fingerprint density at radius 2 is 2.00 bits per heavy atom. The summed E-state index contributed by atoms with van der Waals surface area (Å²) in [7, 11) is 3.54. The standard InChI is InChI=1S/C11H12N6O2/c1-16(2)11-14-9(13-10(12)15-11)7-4-3-5-8(6-7)17(18)19/h3-6H,1-2H3,(H2,12,13,14,15). The molecule has 2 aromatic rings. The zero-order valence-electron chi connectivity index (χ0n) is 10.4. The minimum atomic E-state index is -0.471. The summed E-state index contributed by atoms with van der Waals surface area (Å²) in [6.45, 7) is 0. The molecule has 0 atom stereocenters. The molecule has 8 heteroatoms. The molecule has 0 unspecified atom stereocenters. The minimum Gasteiger partial charge on any atom is -0.368 e. The summed E-state index contributed by atoms with van der Waals surface area (Å²) in [5.41, 5.74) is 6.10. The fourth-order valence-corrected chi connectivity index (χ4v) is 1.47. The molecule has 1 heterocycles. The van der Waals surface area contributed by atoms with Crippen LogP contribution in [0, 0.1) is 10.1 Å². The van der Waals surface area contributed by atoms with Gasteiger partial charge in [0.15, 0.2) is 5.82 Å². The maximum atomic E-state index is 10.7. The molecule has 1 aromatic heterocycles. The molecular weight excluding hydrogens is 248 g/mol. The summed E-state index contributed by atoms with van der Waals surface area (Å²) in [6.07, 6.45) is 0. The lowest BCUT2D eigenvalue weighted by Gasteiger charge is -2.11. The first-order valence-corrected chi connectivity index (χ1v) is 5.41. The number of benzene rings is 1. The Kier molecular flexibility index (Phi) is 3.23. The van der Waals surface area contributed by atoms with Crippen LogP contribution >= 0.6 is 0 Å². The zero-order chi connectivity index (χ0) is 14.0. The molecule has 0 bridgehead atoms. The van der Waals surface area contributed by atoms with Crippen molar-refractivity contribution in [3.05, 3.63) is 34.4 Å². The molecule has 0 amide bonds. The highest BCUT2D eigenvalue weighted by Gasteiger charge is 2.12. The Morgan fingerprint density at radius 1 is 1.26 bits per heavy atom. The molecule has 0 aliphatic rings. The van der Waals surface area contributed by atoms with Gasteiger partial charge in [-0.25, -0.2) is 0 Å². The second-order valence-electron chi connectivity index (χ2n) is 4.02. The number of nitrogen functional groups attached to an aromatic ring is 1. The van der Waals surface area contributed by atoms with Gasteiger partial charge in [0.25, 0.3) is 5.69 Å². The van der Waals surface area contributed by atoms with Crippen LogP contribution in [0.2, 0.25) is 0 Å². The fourth-order valence-electron chi connectivity index (χ4n) is 1.47. The second kappa shape index (κ2) is 4.84. The molecule has 0 saturated heterocycles. The third kappa shape index (κ3) is 2.73. The van der Waals surface area contributed by atoms with Gasteiger partial charge in [-0.15, -0.1) is 0 Å². The van der Waals surface area contributed by atoms with E-state index in [4.69, 9.17) is 5.73 Å². The molecule has 0 radical (unpaired) electrons. The van der Waals surface area contributed by atoms with E-state index < -0.39 is 4.92 Å². The highest BCUT2D eigenvalue weighted by molar-refractivity contribution is 5.61. The van der Waals surface area contributed by atoms with Gasteiger partial charge in [-0.05, 0) is 0 Å². The van der Waals surface area contributed by atoms with Gasteiger partial charge in [-0.3, -0.25) is 10.1 Å². The van der Waals surface area contributed by atoms with E-state index in [2.05, 4.69) is 15.0 Å². The van der Waals surface area contributed by atoms with E-state index in [1.807, 2.05) is 0 Å². The first kappa shape index (κ1) is 12.7. The molecule has 8 nitrogen and oxygen atoms in total. The molecule has 1 aromatic carbocycles. The smallest absolute Gasteiger partial charge is 0.270 e. The van der Waals surface area contributed by atoms with Crippen molar-refractivity contribution in [3.63, 3.8) is 0 Å². The first-order valence-electron chi connectivity index (χ1n) is 5.41. The van der Waals surface area contributed by atoms with Gasteiger partial charge >= 0.3 is 0 Å². The summed E-state index contributed by atoms with van der Waals surface area (Å²) >= 11 is 0. The maximum absolute atomic E-state index is 10.7. The summed E-state index contributed by atoms with van der Waals surface area (Å²) in [4.78, 5) is 24.1. The van der Waals surface area contributed by atoms with Crippen molar-refractivity contribution in [1.29, 1.82) is 0 Å². The lowest BCUT2D eigenvalue weighted by atomic mass is 10.2. The van der Waals surface area contributed by atoms with Gasteiger partial charge < -0.3 is 10.6 Å². The molecule has 2 rings (SSSR count). The third-order valence-electron chi connectivity index (χ3n) is 2.36. The van der Waals surface area contributed by atoms with Gasteiger partial charge in [-0.1, -0.05) is 12.1 Å². The lowest BCUT2D eigenvalue weighted by molar-refractivity contribution is -0.384. The molecule has 0 saturated carbocycles. The number of hydrogen-bond donors (Lipinski definition) is 1. The van der Waals surface area contributed by atoms with Gasteiger partial charge in [0, 0.05) is 31.8 Å². The number of nitro benzene ring substituents is 1. The highest BCUT2D eigenvalue weighted by atomic mass is 16.6. The average molecular weight is 260 g/mol. The summed E-state index contributed by atoms with van der Waals surface area (Å²) < 4.78 is 0. The molecule has 0 fully saturated rings. The van der Waals surface area contributed by atoms with E-state index in [0.717, 1.165) is 0 Å². The molecule has 0 spiro atoms. The predicted molar refractivity (Wildman–Crippen MR) is 70.7 cm³/mol. The van der Waals surface area contributed by atoms with Crippen LogP contribution in [0.25, 0.3) is 11.4 Å². The van der Waals surface area contributed by atoms with Gasteiger partial charge in [-0.2, -0.15) is 15.0 Å². The van der Waals surface area contributed by atoms with E-state index in [1.165, 1.54) is 12.1 Å². The van der Waals surface area contributed by atoms with Crippen molar-refractivity contribution < 1.29 is 4.92 Å². The Labute approximate surface area is 109 Å². The number of non-ortho nitro benzene ring substituents is 1. The SMILES string of the molecule is CN(C)c1nc(N)nc(-c2cccc([N+](=O)[O-])c2)n1. The molecule has 98 valence electrons. The Bertz CT molecular complexity index is 628. The van der Waals surface area contributed by atoms with Crippen LogP contribution in [0.5, 0.6) is 0 Å². The molecular formula is C11H12N6O2. The van der Waals surface area contributed by atoms with E-state index in [9.17, 15) is 10.1 Å². The summed E-state index contributed by atoms with van der Waals surface area (Å²) in [5.74, 6) is 0.772. The number of nitrogens with zero attached hydrogens (tertiary/aromatic N) is 5. The van der Waals surface area contributed by atoms with Crippen LogP contribution in [-0.4, -0.2) is 34.0 Å². The maximum Gasteiger partial charge on any atom is 0.270 e. The molecule has 0 aliphatic heterocycles. The van der Waals surface area contributed by atoms with Crippen molar-refractivity contribution in [2.24, 2.45) is 0 Å². The quantitative estimate of drug-likeness (QED) is 0.649. The van der Waals surface area contributed by atoms with E-state index in [0.29, 0.717) is 17.3 Å². The summed E-state index contributed by atoms with van der Waals surface area (Å²) in [5, 5.41) is 10.7. The molecule has 19 heavy (non-hydrogen) atoms. The van der Waals surface area contributed by atoms with Gasteiger partial charge in [0.05, 0.1) is 4.92 Å². The molecule has 0 aliphatic carbocycles. The van der Waals surface area contributed by atoms with Crippen molar-refractivity contribution in [2.45, 2.75) is 0 Å². The lowest BCUT2D eigenvalue weighted by Crippen LogP contribution is -2.15. The zero-order valence-corrected chi connectivity index (χ0v) is 10.4. The van der Waals surface area contributed by atoms with Crippen LogP contribution in [0.4, 0.5) is 17.6 Å². The number of nitro groups is 1. The Hall–Kier alpha value is -2.77. The molecule has 2 N–H and O–H groups in total. The Morgan fingerprint density at radius 3 is 2.63 bits per heavy atom. The minimum absolute atomic E-state index is 0.0251. The number of rotatable bonds is 3. The topological polar surface area (TPSA) is 111 Å². The van der Waals surface area contributed by atoms with Crippen LogP contribution < -0.4 is 10.6 Å². The van der Waals surface area contributed by atoms with E-state index in [-0.39, 0.29) is 11.6 Å². The van der Waals surface area contributed by atoms with Crippen LogP contribution in [0.15, 0.2) is 24.3 Å². The second-order valence-corrected chi connectivity index (χ2v) is 4.02. The number of aromatic nitrogens is 3. The van der Waals surface area contributed by atoms with Crippen LogP contribution in [-0.2, 0) is 0 Å². The van der Waals surface area contributed by atoms with Gasteiger partial charge in [0.2, 0.25) is 11.9 Å². The van der Waals surface area contributed by atoms with Crippen molar-refractivity contribution in [2.75, 3.05) is 24.7 Å². The number of nitrogens with two attached hydrogens (primary N) is 1. The van der Waals surface area contributed by atoms with Crippen LogP contribution in [0.1, 0.15) is 0 Å². The average Bonchev–Trinajstić information content (AvgIpc) is 2.38. The summed E-state index contributed by atoms with van der Waals surface area (Å²) in [6, 6.07) is 6.05. The van der Waals surface area contributed by atoms with Gasteiger partial charge in [0.1, 0.15) is 0 Å². The van der Waals surface area contributed by atoms with Crippen molar-refractivity contribution in [3.8, 4) is 11.4 Å².